The summed E-state index contributed by atoms with van der Waals surface area (Å²) in [6.45, 7) is 2.06. The molecule has 3 aromatic rings. The Kier molecular flexibility index (Phi) is 5.62. The molecule has 0 amide bonds. The van der Waals surface area contributed by atoms with Crippen molar-refractivity contribution in [2.75, 3.05) is 0 Å². The standard InChI is InChI=1S/C22H14ClF5/c1-2-3-13-4-6-16(19(23)10-13)14-5-7-17-15(11-14)12-20(24)18(21(17)25)8-9-22(26,27)28/h4-7,10-12H,2-3H2,1H3. The maximum absolute atomic E-state index is 14.5. The lowest BCUT2D eigenvalue weighted by Crippen LogP contribution is -2.02. The SMILES string of the molecule is CCCc1ccc(-c2ccc3c(F)c(C#CC(F)(F)F)c(F)cc3c2)c(Cl)c1. The Morgan fingerprint density at radius 1 is 1.00 bits per heavy atom. The molecule has 0 aliphatic carbocycles. The van der Waals surface area contributed by atoms with E-state index >= 15 is 0 Å². The van der Waals surface area contributed by atoms with Crippen LogP contribution in [0.4, 0.5) is 22.0 Å². The summed E-state index contributed by atoms with van der Waals surface area (Å²) in [6.07, 6.45) is -2.97. The maximum atomic E-state index is 14.5. The zero-order valence-corrected chi connectivity index (χ0v) is 15.5. The molecule has 0 unspecified atom stereocenters. The van der Waals surface area contributed by atoms with Gasteiger partial charge in [-0.2, -0.15) is 13.2 Å². The second-order valence-electron chi connectivity index (χ2n) is 6.30. The van der Waals surface area contributed by atoms with Crippen LogP contribution < -0.4 is 0 Å². The summed E-state index contributed by atoms with van der Waals surface area (Å²) in [7, 11) is 0. The van der Waals surface area contributed by atoms with Crippen molar-refractivity contribution in [3.8, 4) is 23.0 Å². The van der Waals surface area contributed by atoms with Gasteiger partial charge < -0.3 is 0 Å². The molecule has 3 rings (SSSR count). The van der Waals surface area contributed by atoms with Gasteiger partial charge in [-0.05, 0) is 41.1 Å². The third kappa shape index (κ3) is 4.28. The molecule has 0 heterocycles. The van der Waals surface area contributed by atoms with Crippen molar-refractivity contribution in [3.63, 3.8) is 0 Å². The Bertz CT molecular complexity index is 1100. The quantitative estimate of drug-likeness (QED) is 0.315. The van der Waals surface area contributed by atoms with Gasteiger partial charge in [0.05, 0.1) is 5.56 Å². The van der Waals surface area contributed by atoms with Crippen LogP contribution in [0.15, 0.2) is 42.5 Å². The summed E-state index contributed by atoms with van der Waals surface area (Å²) in [5.74, 6) is 0.166. The Morgan fingerprint density at radius 3 is 2.39 bits per heavy atom. The first-order chi connectivity index (χ1) is 13.2. The third-order valence-corrected chi connectivity index (χ3v) is 4.55. The highest BCUT2D eigenvalue weighted by atomic mass is 35.5. The molecule has 0 aliphatic heterocycles. The van der Waals surface area contributed by atoms with Crippen LogP contribution in [0.5, 0.6) is 0 Å². The molecule has 0 N–H and O–H groups in total. The zero-order chi connectivity index (χ0) is 20.5. The van der Waals surface area contributed by atoms with Gasteiger partial charge in [-0.15, -0.1) is 0 Å². The van der Waals surface area contributed by atoms with E-state index in [9.17, 15) is 22.0 Å². The van der Waals surface area contributed by atoms with E-state index in [0.29, 0.717) is 16.1 Å². The van der Waals surface area contributed by atoms with Gasteiger partial charge in [0, 0.05) is 21.9 Å². The Labute approximate surface area is 163 Å². The molecule has 28 heavy (non-hydrogen) atoms. The fraction of sp³-hybridized carbons (Fsp3) is 0.182. The molecule has 0 spiro atoms. The van der Waals surface area contributed by atoms with Crippen LogP contribution in [0.25, 0.3) is 21.9 Å². The Hall–Kier alpha value is -2.58. The lowest BCUT2D eigenvalue weighted by Gasteiger charge is -2.10. The number of aryl methyl sites for hydroxylation is 1. The van der Waals surface area contributed by atoms with E-state index < -0.39 is 23.4 Å². The molecule has 0 nitrogen and oxygen atoms in total. The Balaban J connectivity index is 2.09. The molecule has 0 radical (unpaired) electrons. The lowest BCUT2D eigenvalue weighted by atomic mass is 9.98. The largest absolute Gasteiger partial charge is 0.458 e. The van der Waals surface area contributed by atoms with Crippen LogP contribution in [0.3, 0.4) is 0 Å². The van der Waals surface area contributed by atoms with Gasteiger partial charge in [-0.3, -0.25) is 0 Å². The molecule has 144 valence electrons. The van der Waals surface area contributed by atoms with E-state index in [4.69, 9.17) is 11.6 Å². The number of alkyl halides is 3. The molecule has 0 fully saturated rings. The van der Waals surface area contributed by atoms with Gasteiger partial charge in [0.15, 0.2) is 0 Å². The van der Waals surface area contributed by atoms with Crippen LogP contribution in [0.2, 0.25) is 5.02 Å². The second-order valence-corrected chi connectivity index (χ2v) is 6.70. The first kappa shape index (κ1) is 20.2. The predicted molar refractivity (Wildman–Crippen MR) is 101 cm³/mol. The van der Waals surface area contributed by atoms with Gasteiger partial charge >= 0.3 is 6.18 Å². The first-order valence-electron chi connectivity index (χ1n) is 8.50. The average Bonchev–Trinajstić information content (AvgIpc) is 2.60. The van der Waals surface area contributed by atoms with Crippen LogP contribution in [0, 0.1) is 23.5 Å². The van der Waals surface area contributed by atoms with Crippen LogP contribution in [-0.4, -0.2) is 6.18 Å². The lowest BCUT2D eigenvalue weighted by molar-refractivity contribution is -0.0696. The molecular formula is C22H14ClF5. The average molecular weight is 409 g/mol. The monoisotopic (exact) mass is 408 g/mol. The summed E-state index contributed by atoms with van der Waals surface area (Å²) < 4.78 is 65.4. The van der Waals surface area contributed by atoms with E-state index in [2.05, 4.69) is 6.92 Å². The summed E-state index contributed by atoms with van der Waals surface area (Å²) in [5, 5.41) is 0.702. The van der Waals surface area contributed by atoms with Crippen molar-refractivity contribution in [3.05, 3.63) is 70.2 Å². The first-order valence-corrected chi connectivity index (χ1v) is 8.88. The minimum Gasteiger partial charge on any atom is -0.205 e. The van der Waals surface area contributed by atoms with Crippen molar-refractivity contribution >= 4 is 22.4 Å². The van der Waals surface area contributed by atoms with Crippen LogP contribution in [-0.2, 0) is 6.42 Å². The normalized spacial score (nSPS) is 11.4. The number of halogens is 6. The van der Waals surface area contributed by atoms with Crippen molar-refractivity contribution in [1.29, 1.82) is 0 Å². The zero-order valence-electron chi connectivity index (χ0n) is 14.7. The van der Waals surface area contributed by atoms with Crippen molar-refractivity contribution < 1.29 is 22.0 Å². The summed E-state index contributed by atoms with van der Waals surface area (Å²) in [5.41, 5.74) is 1.53. The smallest absolute Gasteiger partial charge is 0.205 e. The van der Waals surface area contributed by atoms with Crippen LogP contribution in [0.1, 0.15) is 24.5 Å². The van der Waals surface area contributed by atoms with E-state index in [0.717, 1.165) is 30.4 Å². The molecule has 0 saturated heterocycles. The third-order valence-electron chi connectivity index (χ3n) is 4.24. The van der Waals surface area contributed by atoms with E-state index in [1.54, 1.807) is 18.1 Å². The van der Waals surface area contributed by atoms with E-state index in [1.807, 2.05) is 18.2 Å². The van der Waals surface area contributed by atoms with Gasteiger partial charge in [-0.1, -0.05) is 55.1 Å². The maximum Gasteiger partial charge on any atom is 0.458 e. The van der Waals surface area contributed by atoms with Gasteiger partial charge in [-0.25, -0.2) is 8.78 Å². The fourth-order valence-electron chi connectivity index (χ4n) is 2.98. The molecule has 6 heteroatoms. The molecule has 0 aromatic heterocycles. The summed E-state index contributed by atoms with van der Waals surface area (Å²) in [6, 6.07) is 11.1. The molecular weight excluding hydrogens is 395 g/mol. The molecule has 0 saturated carbocycles. The van der Waals surface area contributed by atoms with Gasteiger partial charge in [0.2, 0.25) is 0 Å². The summed E-state index contributed by atoms with van der Waals surface area (Å²) >= 11 is 6.35. The fourth-order valence-corrected chi connectivity index (χ4v) is 3.29. The van der Waals surface area contributed by atoms with Gasteiger partial charge in [0.1, 0.15) is 11.6 Å². The number of hydrogen-bond donors (Lipinski definition) is 0. The topological polar surface area (TPSA) is 0 Å². The minimum absolute atomic E-state index is 0.0182. The highest BCUT2D eigenvalue weighted by Gasteiger charge is 2.24. The number of rotatable bonds is 3. The van der Waals surface area contributed by atoms with Crippen molar-refractivity contribution in [2.45, 2.75) is 25.9 Å². The highest BCUT2D eigenvalue weighted by molar-refractivity contribution is 6.33. The molecule has 3 aromatic carbocycles. The highest BCUT2D eigenvalue weighted by Crippen LogP contribution is 2.33. The number of benzene rings is 3. The molecule has 0 bridgehead atoms. The minimum atomic E-state index is -4.83. The number of fused-ring (bicyclic) bond motifs is 1. The Morgan fingerprint density at radius 2 is 1.75 bits per heavy atom. The molecule has 0 aliphatic rings. The van der Waals surface area contributed by atoms with E-state index in [1.165, 1.54) is 6.07 Å². The van der Waals surface area contributed by atoms with Crippen molar-refractivity contribution in [2.24, 2.45) is 0 Å². The predicted octanol–water partition coefficient (Wildman–Crippen LogP) is 7.30. The van der Waals surface area contributed by atoms with Crippen LogP contribution >= 0.6 is 11.6 Å². The second kappa shape index (κ2) is 7.81. The van der Waals surface area contributed by atoms with E-state index in [-0.39, 0.29) is 10.8 Å². The molecule has 0 atom stereocenters. The summed E-state index contributed by atoms with van der Waals surface area (Å²) in [4.78, 5) is 0. The van der Waals surface area contributed by atoms with Gasteiger partial charge in [0.25, 0.3) is 0 Å². The van der Waals surface area contributed by atoms with Crippen molar-refractivity contribution in [1.82, 2.24) is 0 Å². The number of hydrogen-bond acceptors (Lipinski definition) is 0.